The van der Waals surface area contributed by atoms with Gasteiger partial charge >= 0.3 is 0 Å². The largest absolute Gasteiger partial charge is 0.308 e. The summed E-state index contributed by atoms with van der Waals surface area (Å²) in [6.07, 6.45) is 1.03. The highest BCUT2D eigenvalue weighted by Crippen LogP contribution is 2.33. The number of piperidine rings is 1. The maximum Gasteiger partial charge on any atom is 0.280 e. The van der Waals surface area contributed by atoms with Crippen LogP contribution in [0.1, 0.15) is 12.8 Å². The number of sulfone groups is 1. The molecule has 1 atom stereocenters. The van der Waals surface area contributed by atoms with E-state index in [1.54, 1.807) is 42.5 Å². The van der Waals surface area contributed by atoms with Gasteiger partial charge in [-0.2, -0.15) is 4.72 Å². The molecule has 0 aromatic heterocycles. The number of anilines is 1. The number of sulfonamides is 1. The standard InChI is InChI=1S/C24H22ClFN2O5S2/c1-34(30,31)22-9-3-2-8-21(22)17-10-12-19(13-11-17)28-15-5-14-24(26,23(28)29)27-35(32,33)20-7-4-6-18(25)16-20/h2-4,6-13,16,27H,5,14-15H2,1H3. The molecule has 1 heterocycles. The first-order valence-electron chi connectivity index (χ1n) is 10.6. The van der Waals surface area contributed by atoms with Gasteiger partial charge in [0.1, 0.15) is 0 Å². The molecule has 1 aliphatic rings. The molecule has 3 aromatic rings. The third kappa shape index (κ3) is 5.25. The smallest absolute Gasteiger partial charge is 0.280 e. The Labute approximate surface area is 208 Å². The molecule has 1 unspecified atom stereocenters. The highest BCUT2D eigenvalue weighted by molar-refractivity contribution is 7.91. The number of nitrogens with zero attached hydrogens (tertiary/aromatic N) is 1. The number of benzene rings is 3. The molecule has 1 aliphatic heterocycles. The van der Waals surface area contributed by atoms with E-state index in [9.17, 15) is 21.6 Å². The van der Waals surface area contributed by atoms with E-state index < -0.39 is 31.6 Å². The number of nitrogens with one attached hydrogen (secondary N) is 1. The number of alkyl halides is 1. The fraction of sp³-hybridized carbons (Fsp3) is 0.208. The first kappa shape index (κ1) is 25.3. The number of amides is 1. The van der Waals surface area contributed by atoms with Crippen LogP contribution in [0.5, 0.6) is 0 Å². The monoisotopic (exact) mass is 536 g/mol. The van der Waals surface area contributed by atoms with E-state index >= 15 is 4.39 Å². The molecular formula is C24H22ClFN2O5S2. The molecule has 1 N–H and O–H groups in total. The number of hydrogen-bond donors (Lipinski definition) is 1. The van der Waals surface area contributed by atoms with E-state index in [-0.39, 0.29) is 34.2 Å². The van der Waals surface area contributed by atoms with Crippen molar-refractivity contribution in [2.24, 2.45) is 0 Å². The zero-order valence-electron chi connectivity index (χ0n) is 18.6. The minimum atomic E-state index is -4.35. The molecule has 1 saturated heterocycles. The van der Waals surface area contributed by atoms with Crippen LogP contribution in [0.4, 0.5) is 10.1 Å². The maximum absolute atomic E-state index is 15.7. The number of halogens is 2. The van der Waals surface area contributed by atoms with Crippen molar-refractivity contribution in [3.8, 4) is 11.1 Å². The minimum Gasteiger partial charge on any atom is -0.308 e. The van der Waals surface area contributed by atoms with Crippen molar-refractivity contribution in [1.29, 1.82) is 0 Å². The van der Waals surface area contributed by atoms with Crippen molar-refractivity contribution < 1.29 is 26.0 Å². The van der Waals surface area contributed by atoms with Gasteiger partial charge in [0, 0.05) is 35.5 Å². The van der Waals surface area contributed by atoms with Gasteiger partial charge in [-0.3, -0.25) is 4.79 Å². The molecular weight excluding hydrogens is 515 g/mol. The molecule has 3 aromatic carbocycles. The quantitative estimate of drug-likeness (QED) is 0.476. The second kappa shape index (κ2) is 9.34. The third-order valence-corrected chi connectivity index (χ3v) is 8.52. The van der Waals surface area contributed by atoms with E-state index in [2.05, 4.69) is 0 Å². The molecule has 0 spiro atoms. The molecule has 7 nitrogen and oxygen atoms in total. The van der Waals surface area contributed by atoms with Crippen molar-refractivity contribution in [3.05, 3.63) is 77.8 Å². The molecule has 0 aliphatic carbocycles. The second-order valence-corrected chi connectivity index (χ2v) is 12.3. The Morgan fingerprint density at radius 3 is 2.31 bits per heavy atom. The normalized spacial score (nSPS) is 19.1. The Hall–Kier alpha value is -2.79. The summed E-state index contributed by atoms with van der Waals surface area (Å²) in [5, 5.41) is 0.162. The first-order valence-corrected chi connectivity index (χ1v) is 14.4. The number of hydrogen-bond acceptors (Lipinski definition) is 5. The van der Waals surface area contributed by atoms with Crippen molar-refractivity contribution in [2.75, 3.05) is 17.7 Å². The average Bonchev–Trinajstić information content (AvgIpc) is 2.80. The van der Waals surface area contributed by atoms with Gasteiger partial charge in [-0.15, -0.1) is 0 Å². The molecule has 1 amide bonds. The van der Waals surface area contributed by atoms with Gasteiger partial charge in [0.25, 0.3) is 11.7 Å². The van der Waals surface area contributed by atoms with Crippen LogP contribution in [0.25, 0.3) is 11.1 Å². The van der Waals surface area contributed by atoms with Crippen LogP contribution in [-0.4, -0.2) is 41.3 Å². The van der Waals surface area contributed by atoms with Gasteiger partial charge in [0.05, 0.1) is 9.79 Å². The van der Waals surface area contributed by atoms with Crippen molar-refractivity contribution in [1.82, 2.24) is 4.72 Å². The van der Waals surface area contributed by atoms with Gasteiger partial charge in [-0.1, -0.05) is 48.0 Å². The molecule has 1 fully saturated rings. The lowest BCUT2D eigenvalue weighted by molar-refractivity contribution is -0.133. The minimum absolute atomic E-state index is 0.162. The first-order chi connectivity index (χ1) is 16.4. The average molecular weight is 537 g/mol. The Morgan fingerprint density at radius 1 is 0.971 bits per heavy atom. The Morgan fingerprint density at radius 2 is 1.66 bits per heavy atom. The zero-order valence-corrected chi connectivity index (χ0v) is 21.0. The van der Waals surface area contributed by atoms with Crippen LogP contribution in [0, 0.1) is 0 Å². The Balaban J connectivity index is 1.61. The van der Waals surface area contributed by atoms with Crippen LogP contribution in [0.15, 0.2) is 82.6 Å². The summed E-state index contributed by atoms with van der Waals surface area (Å²) >= 11 is 5.86. The second-order valence-electron chi connectivity index (χ2n) is 8.24. The molecule has 4 rings (SSSR count). The summed E-state index contributed by atoms with van der Waals surface area (Å²) in [6, 6.07) is 18.3. The third-order valence-electron chi connectivity index (χ3n) is 5.67. The topological polar surface area (TPSA) is 101 Å². The van der Waals surface area contributed by atoms with Crippen LogP contribution < -0.4 is 9.62 Å². The summed E-state index contributed by atoms with van der Waals surface area (Å²) < 4.78 is 67.4. The van der Waals surface area contributed by atoms with Gasteiger partial charge in [0.2, 0.25) is 10.0 Å². The maximum atomic E-state index is 15.7. The highest BCUT2D eigenvalue weighted by atomic mass is 35.5. The van der Waals surface area contributed by atoms with E-state index in [4.69, 9.17) is 11.6 Å². The lowest BCUT2D eigenvalue weighted by Gasteiger charge is -2.36. The molecule has 0 bridgehead atoms. The summed E-state index contributed by atoms with van der Waals surface area (Å²) in [6.45, 7) is 0.197. The molecule has 0 saturated carbocycles. The fourth-order valence-corrected chi connectivity index (χ4v) is 6.44. The zero-order chi connectivity index (χ0) is 25.4. The summed E-state index contributed by atoms with van der Waals surface area (Å²) in [5.74, 6) is -3.86. The van der Waals surface area contributed by atoms with Crippen molar-refractivity contribution in [2.45, 2.75) is 28.4 Å². The van der Waals surface area contributed by atoms with Crippen LogP contribution in [-0.2, 0) is 24.7 Å². The lowest BCUT2D eigenvalue weighted by atomic mass is 10.0. The Kier molecular flexibility index (Phi) is 6.76. The van der Waals surface area contributed by atoms with Crippen LogP contribution in [0.2, 0.25) is 5.02 Å². The fourth-order valence-electron chi connectivity index (χ4n) is 4.00. The van der Waals surface area contributed by atoms with Crippen LogP contribution >= 0.6 is 11.6 Å². The predicted molar refractivity (Wildman–Crippen MR) is 132 cm³/mol. The molecule has 35 heavy (non-hydrogen) atoms. The number of carbonyl (C=O) groups is 1. The number of carbonyl (C=O) groups excluding carboxylic acids is 1. The van der Waals surface area contributed by atoms with Crippen molar-refractivity contribution in [3.63, 3.8) is 0 Å². The van der Waals surface area contributed by atoms with E-state index in [0.717, 1.165) is 6.26 Å². The van der Waals surface area contributed by atoms with Gasteiger partial charge < -0.3 is 4.90 Å². The van der Waals surface area contributed by atoms with Gasteiger partial charge in [-0.05, 0) is 48.4 Å². The Bertz CT molecular complexity index is 1490. The van der Waals surface area contributed by atoms with E-state index in [1.807, 2.05) is 4.72 Å². The summed E-state index contributed by atoms with van der Waals surface area (Å²) in [4.78, 5) is 14.2. The summed E-state index contributed by atoms with van der Waals surface area (Å²) in [5.41, 5.74) is 1.47. The lowest BCUT2D eigenvalue weighted by Crippen LogP contribution is -2.60. The predicted octanol–water partition coefficient (Wildman–Crippen LogP) is 4.18. The van der Waals surface area contributed by atoms with Crippen LogP contribution in [0.3, 0.4) is 0 Å². The highest BCUT2D eigenvalue weighted by Gasteiger charge is 2.48. The summed E-state index contributed by atoms with van der Waals surface area (Å²) in [7, 11) is -7.82. The van der Waals surface area contributed by atoms with E-state index in [1.165, 1.54) is 35.2 Å². The van der Waals surface area contributed by atoms with Gasteiger partial charge in [-0.25, -0.2) is 21.2 Å². The van der Waals surface area contributed by atoms with E-state index in [0.29, 0.717) is 16.8 Å². The molecule has 11 heteroatoms. The molecule has 184 valence electrons. The molecule has 0 radical (unpaired) electrons. The SMILES string of the molecule is CS(=O)(=O)c1ccccc1-c1ccc(N2CCCC(F)(NS(=O)(=O)c3cccc(Cl)c3)C2=O)cc1. The van der Waals surface area contributed by atoms with Crippen molar-refractivity contribution >= 4 is 43.1 Å². The van der Waals surface area contributed by atoms with Gasteiger partial charge in [0.15, 0.2) is 9.84 Å². The number of rotatable bonds is 6.